The van der Waals surface area contributed by atoms with Crippen LogP contribution in [0.2, 0.25) is 0 Å². The van der Waals surface area contributed by atoms with E-state index in [9.17, 15) is 0 Å². The van der Waals surface area contributed by atoms with E-state index in [1.165, 1.54) is 64.2 Å². The molecule has 1 fully saturated rings. The van der Waals surface area contributed by atoms with Gasteiger partial charge in [-0.25, -0.2) is 0 Å². The molecule has 0 aromatic heterocycles. The van der Waals surface area contributed by atoms with Crippen molar-refractivity contribution in [3.05, 3.63) is 0 Å². The van der Waals surface area contributed by atoms with Gasteiger partial charge in [0.15, 0.2) is 0 Å². The highest BCUT2D eigenvalue weighted by Crippen LogP contribution is 2.32. The molecule has 16 heavy (non-hydrogen) atoms. The minimum atomic E-state index is 0.977. The Morgan fingerprint density at radius 1 is 0.875 bits per heavy atom. The summed E-state index contributed by atoms with van der Waals surface area (Å²) >= 11 is 0. The zero-order valence-corrected chi connectivity index (χ0v) is 11.8. The number of hydrogen-bond donors (Lipinski definition) is 0. The van der Waals surface area contributed by atoms with Crippen molar-refractivity contribution >= 4 is 0 Å². The Labute approximate surface area is 103 Å². The molecule has 0 nitrogen and oxygen atoms in total. The molecule has 0 N–H and O–H groups in total. The lowest BCUT2D eigenvalue weighted by Gasteiger charge is -2.26. The highest BCUT2D eigenvalue weighted by atomic mass is 14.2. The predicted molar refractivity (Wildman–Crippen MR) is 73.7 cm³/mol. The van der Waals surface area contributed by atoms with Crippen molar-refractivity contribution < 1.29 is 0 Å². The Bertz CT molecular complexity index is 161. The third kappa shape index (κ3) is 5.37. The van der Waals surface area contributed by atoms with Crippen LogP contribution in [0.4, 0.5) is 0 Å². The lowest BCUT2D eigenvalue weighted by atomic mass is 9.79. The van der Waals surface area contributed by atoms with Gasteiger partial charge in [-0.3, -0.25) is 0 Å². The molecule has 0 aliphatic heterocycles. The van der Waals surface area contributed by atoms with Crippen LogP contribution in [0.1, 0.15) is 85.0 Å². The second-order valence-corrected chi connectivity index (χ2v) is 6.14. The van der Waals surface area contributed by atoms with Crippen molar-refractivity contribution in [2.24, 2.45) is 17.8 Å². The molecule has 0 radical (unpaired) electrons. The van der Waals surface area contributed by atoms with Crippen molar-refractivity contribution in [3.8, 4) is 0 Å². The van der Waals surface area contributed by atoms with Crippen LogP contribution in [0.15, 0.2) is 0 Å². The van der Waals surface area contributed by atoms with Crippen LogP contribution in [-0.2, 0) is 0 Å². The maximum atomic E-state index is 2.47. The van der Waals surface area contributed by atoms with Crippen LogP contribution < -0.4 is 0 Å². The number of rotatable bonds is 3. The maximum Gasteiger partial charge on any atom is -0.0412 e. The molecule has 0 bridgehead atoms. The fourth-order valence-corrected chi connectivity index (χ4v) is 3.48. The standard InChI is InChI=1S/C16H32/c1-4-9-16-11-8-6-7-10-14(3)12-15(5-2)13-16/h14-16H,4-13H2,1-3H3. The van der Waals surface area contributed by atoms with Gasteiger partial charge in [0.1, 0.15) is 0 Å². The zero-order valence-electron chi connectivity index (χ0n) is 11.8. The minimum Gasteiger partial charge on any atom is -0.0654 e. The molecule has 0 spiro atoms. The van der Waals surface area contributed by atoms with Crippen LogP contribution in [0, 0.1) is 17.8 Å². The van der Waals surface area contributed by atoms with E-state index in [1.54, 1.807) is 0 Å². The molecule has 3 atom stereocenters. The molecule has 0 amide bonds. The topological polar surface area (TPSA) is 0 Å². The molecule has 1 rings (SSSR count). The van der Waals surface area contributed by atoms with Crippen molar-refractivity contribution in [1.29, 1.82) is 0 Å². The molecule has 0 saturated heterocycles. The lowest BCUT2D eigenvalue weighted by molar-refractivity contribution is 0.258. The fourth-order valence-electron chi connectivity index (χ4n) is 3.48. The lowest BCUT2D eigenvalue weighted by Crippen LogP contribution is -2.13. The maximum absolute atomic E-state index is 2.47. The molecule has 1 aliphatic rings. The van der Waals surface area contributed by atoms with Gasteiger partial charge in [-0.05, 0) is 30.6 Å². The summed E-state index contributed by atoms with van der Waals surface area (Å²) in [7, 11) is 0. The van der Waals surface area contributed by atoms with Gasteiger partial charge < -0.3 is 0 Å². The minimum absolute atomic E-state index is 0.977. The highest BCUT2D eigenvalue weighted by Gasteiger charge is 2.18. The third-order valence-electron chi connectivity index (χ3n) is 4.49. The summed E-state index contributed by atoms with van der Waals surface area (Å²) in [6.07, 6.45) is 14.7. The zero-order chi connectivity index (χ0) is 11.8. The smallest absolute Gasteiger partial charge is 0.0412 e. The second-order valence-electron chi connectivity index (χ2n) is 6.14. The van der Waals surface area contributed by atoms with Crippen LogP contribution in [-0.4, -0.2) is 0 Å². The summed E-state index contributed by atoms with van der Waals surface area (Å²) < 4.78 is 0. The number of hydrogen-bond acceptors (Lipinski definition) is 0. The van der Waals surface area contributed by atoms with E-state index in [4.69, 9.17) is 0 Å². The summed E-state index contributed by atoms with van der Waals surface area (Å²) in [4.78, 5) is 0. The van der Waals surface area contributed by atoms with Crippen LogP contribution in [0.5, 0.6) is 0 Å². The Kier molecular flexibility index (Phi) is 7.16. The molecule has 1 saturated carbocycles. The Balaban J connectivity index is 2.47. The molecule has 0 heteroatoms. The van der Waals surface area contributed by atoms with Gasteiger partial charge in [0.25, 0.3) is 0 Å². The first-order chi connectivity index (χ1) is 7.76. The van der Waals surface area contributed by atoms with E-state index in [1.807, 2.05) is 0 Å². The quantitative estimate of drug-likeness (QED) is 0.567. The van der Waals surface area contributed by atoms with E-state index < -0.39 is 0 Å². The molecule has 0 aromatic rings. The van der Waals surface area contributed by atoms with Crippen LogP contribution >= 0.6 is 0 Å². The Hall–Kier alpha value is 0. The second kappa shape index (κ2) is 8.14. The third-order valence-corrected chi connectivity index (χ3v) is 4.49. The highest BCUT2D eigenvalue weighted by molar-refractivity contribution is 4.70. The molecule has 0 heterocycles. The normalized spacial score (nSPS) is 33.6. The summed E-state index contributed by atoms with van der Waals surface area (Å²) in [6.45, 7) is 7.22. The largest absolute Gasteiger partial charge is 0.0654 e. The summed E-state index contributed by atoms with van der Waals surface area (Å²) in [6, 6.07) is 0. The fraction of sp³-hybridized carbons (Fsp3) is 1.00. The van der Waals surface area contributed by atoms with Crippen LogP contribution in [0.3, 0.4) is 0 Å². The van der Waals surface area contributed by atoms with E-state index in [0.717, 1.165) is 17.8 Å². The molecular formula is C16H32. The van der Waals surface area contributed by atoms with Gasteiger partial charge in [-0.2, -0.15) is 0 Å². The van der Waals surface area contributed by atoms with E-state index in [0.29, 0.717) is 0 Å². The van der Waals surface area contributed by atoms with Crippen molar-refractivity contribution in [3.63, 3.8) is 0 Å². The van der Waals surface area contributed by atoms with Gasteiger partial charge in [0.2, 0.25) is 0 Å². The Morgan fingerprint density at radius 3 is 2.31 bits per heavy atom. The summed E-state index contributed by atoms with van der Waals surface area (Å²) in [5.74, 6) is 3.04. The van der Waals surface area contributed by atoms with Gasteiger partial charge in [-0.15, -0.1) is 0 Å². The van der Waals surface area contributed by atoms with E-state index >= 15 is 0 Å². The predicted octanol–water partition coefficient (Wildman–Crippen LogP) is 5.81. The summed E-state index contributed by atoms with van der Waals surface area (Å²) in [5.41, 5.74) is 0. The molecule has 0 aromatic carbocycles. The summed E-state index contributed by atoms with van der Waals surface area (Å²) in [5, 5.41) is 0. The van der Waals surface area contributed by atoms with Gasteiger partial charge in [0, 0.05) is 0 Å². The van der Waals surface area contributed by atoms with Crippen molar-refractivity contribution in [2.75, 3.05) is 0 Å². The molecular weight excluding hydrogens is 192 g/mol. The van der Waals surface area contributed by atoms with Crippen molar-refractivity contribution in [2.45, 2.75) is 85.0 Å². The molecule has 96 valence electrons. The van der Waals surface area contributed by atoms with Gasteiger partial charge >= 0.3 is 0 Å². The van der Waals surface area contributed by atoms with E-state index in [2.05, 4.69) is 20.8 Å². The first kappa shape index (κ1) is 14.1. The first-order valence-electron chi connectivity index (χ1n) is 7.76. The van der Waals surface area contributed by atoms with Crippen molar-refractivity contribution in [1.82, 2.24) is 0 Å². The molecule has 3 unspecified atom stereocenters. The molecule has 1 aliphatic carbocycles. The van der Waals surface area contributed by atoms with Gasteiger partial charge in [-0.1, -0.05) is 72.1 Å². The first-order valence-corrected chi connectivity index (χ1v) is 7.76. The Morgan fingerprint density at radius 2 is 1.62 bits per heavy atom. The average Bonchev–Trinajstić information content (AvgIpc) is 2.27. The van der Waals surface area contributed by atoms with Gasteiger partial charge in [0.05, 0.1) is 0 Å². The monoisotopic (exact) mass is 224 g/mol. The SMILES string of the molecule is CCCC1CCCCCC(C)CC(CC)C1. The van der Waals surface area contributed by atoms with Crippen LogP contribution in [0.25, 0.3) is 0 Å². The van der Waals surface area contributed by atoms with E-state index in [-0.39, 0.29) is 0 Å². The average molecular weight is 224 g/mol.